The normalized spacial score (nSPS) is 22.4. The van der Waals surface area contributed by atoms with Crippen LogP contribution >= 0.6 is 0 Å². The van der Waals surface area contributed by atoms with Crippen LogP contribution in [-0.4, -0.2) is 35.3 Å². The van der Waals surface area contributed by atoms with Gasteiger partial charge in [-0.05, 0) is 51.2 Å². The lowest BCUT2D eigenvalue weighted by atomic mass is 9.82. The molecule has 112 valence electrons. The third-order valence-corrected chi connectivity index (χ3v) is 3.77. The average Bonchev–Trinajstić information content (AvgIpc) is 2.34. The summed E-state index contributed by atoms with van der Waals surface area (Å²) in [6, 6.07) is 4.21. The second kappa shape index (κ2) is 6.10. The van der Waals surface area contributed by atoms with E-state index in [1.165, 1.54) is 5.56 Å². The Morgan fingerprint density at radius 2 is 2.05 bits per heavy atom. The predicted molar refractivity (Wildman–Crippen MR) is 82.8 cm³/mol. The number of anilines is 1. The molecule has 0 aliphatic heterocycles. The number of hydrogen-bond donors (Lipinski definition) is 2. The number of pyridine rings is 1. The van der Waals surface area contributed by atoms with Crippen LogP contribution in [0.15, 0.2) is 18.3 Å². The number of aliphatic hydroxyl groups is 1. The molecule has 1 aliphatic rings. The fourth-order valence-corrected chi connectivity index (χ4v) is 2.44. The number of nitrogens with one attached hydrogen (secondary N) is 1. The molecule has 1 fully saturated rings. The zero-order valence-electron chi connectivity index (χ0n) is 13.1. The van der Waals surface area contributed by atoms with Gasteiger partial charge < -0.3 is 15.3 Å². The molecule has 0 spiro atoms. The summed E-state index contributed by atoms with van der Waals surface area (Å²) in [5.74, 6) is 1.62. The summed E-state index contributed by atoms with van der Waals surface area (Å²) >= 11 is 0. The van der Waals surface area contributed by atoms with Gasteiger partial charge in [-0.1, -0.05) is 6.07 Å². The summed E-state index contributed by atoms with van der Waals surface area (Å²) in [7, 11) is 2.07. The molecule has 2 rings (SSSR count). The van der Waals surface area contributed by atoms with Crippen molar-refractivity contribution in [3.63, 3.8) is 0 Å². The first kappa shape index (κ1) is 15.3. The number of aromatic nitrogens is 1. The molecule has 1 heterocycles. The van der Waals surface area contributed by atoms with Gasteiger partial charge in [0.05, 0.1) is 6.10 Å². The Labute approximate surface area is 122 Å². The Morgan fingerprint density at radius 1 is 1.35 bits per heavy atom. The first-order chi connectivity index (χ1) is 9.33. The average molecular weight is 277 g/mol. The van der Waals surface area contributed by atoms with Crippen molar-refractivity contribution < 1.29 is 5.11 Å². The topological polar surface area (TPSA) is 48.4 Å². The van der Waals surface area contributed by atoms with Crippen LogP contribution < -0.4 is 10.2 Å². The molecule has 0 radical (unpaired) electrons. The van der Waals surface area contributed by atoms with E-state index in [1.54, 1.807) is 0 Å². The molecule has 0 bridgehead atoms. The molecule has 2 N–H and O–H groups in total. The number of rotatable bonds is 5. The molecular weight excluding hydrogens is 250 g/mol. The fourth-order valence-electron chi connectivity index (χ4n) is 2.44. The monoisotopic (exact) mass is 277 g/mol. The largest absolute Gasteiger partial charge is 0.393 e. The molecule has 0 saturated heterocycles. The van der Waals surface area contributed by atoms with Crippen molar-refractivity contribution >= 4 is 5.82 Å². The fraction of sp³-hybridized carbons (Fsp3) is 0.688. The highest BCUT2D eigenvalue weighted by Crippen LogP contribution is 2.28. The van der Waals surface area contributed by atoms with E-state index >= 15 is 0 Å². The van der Waals surface area contributed by atoms with E-state index in [0.29, 0.717) is 5.92 Å². The zero-order chi connectivity index (χ0) is 14.8. The van der Waals surface area contributed by atoms with Crippen molar-refractivity contribution in [2.45, 2.75) is 51.8 Å². The minimum Gasteiger partial charge on any atom is -0.393 e. The van der Waals surface area contributed by atoms with Crippen LogP contribution in [-0.2, 0) is 6.54 Å². The van der Waals surface area contributed by atoms with Gasteiger partial charge in [0.15, 0.2) is 0 Å². The van der Waals surface area contributed by atoms with Crippen LogP contribution in [0.5, 0.6) is 0 Å². The predicted octanol–water partition coefficient (Wildman–Crippen LogP) is 2.18. The van der Waals surface area contributed by atoms with E-state index in [0.717, 1.165) is 31.7 Å². The van der Waals surface area contributed by atoms with E-state index in [-0.39, 0.29) is 11.6 Å². The maximum absolute atomic E-state index is 9.32. The van der Waals surface area contributed by atoms with Crippen LogP contribution in [0.25, 0.3) is 0 Å². The molecule has 0 aromatic carbocycles. The van der Waals surface area contributed by atoms with Crippen molar-refractivity contribution in [1.82, 2.24) is 10.3 Å². The molecule has 1 saturated carbocycles. The minimum atomic E-state index is -0.0767. The van der Waals surface area contributed by atoms with Gasteiger partial charge in [0.25, 0.3) is 0 Å². The molecule has 0 atom stereocenters. The van der Waals surface area contributed by atoms with Gasteiger partial charge in [-0.3, -0.25) is 0 Å². The second-order valence-corrected chi connectivity index (χ2v) is 7.00. The molecule has 4 nitrogen and oxygen atoms in total. The molecule has 1 aromatic rings. The molecule has 1 aromatic heterocycles. The van der Waals surface area contributed by atoms with Gasteiger partial charge in [-0.25, -0.2) is 4.98 Å². The number of nitrogens with zero attached hydrogens (tertiary/aromatic N) is 2. The van der Waals surface area contributed by atoms with Crippen molar-refractivity contribution in [1.29, 1.82) is 0 Å². The highest BCUT2D eigenvalue weighted by Gasteiger charge is 2.28. The smallest absolute Gasteiger partial charge is 0.128 e. The van der Waals surface area contributed by atoms with Crippen LogP contribution in [0.4, 0.5) is 5.82 Å². The van der Waals surface area contributed by atoms with Crippen LogP contribution in [0.1, 0.15) is 39.2 Å². The molecule has 0 unspecified atom stereocenters. The lowest BCUT2D eigenvalue weighted by Crippen LogP contribution is -2.37. The molecular formula is C16H27N3O. The van der Waals surface area contributed by atoms with E-state index in [1.807, 2.05) is 6.20 Å². The highest BCUT2D eigenvalue weighted by molar-refractivity contribution is 5.38. The third kappa shape index (κ3) is 4.46. The van der Waals surface area contributed by atoms with Crippen LogP contribution in [0.3, 0.4) is 0 Å². The summed E-state index contributed by atoms with van der Waals surface area (Å²) in [6.07, 6.45) is 3.72. The van der Waals surface area contributed by atoms with Gasteiger partial charge >= 0.3 is 0 Å². The van der Waals surface area contributed by atoms with Gasteiger partial charge in [0.1, 0.15) is 5.82 Å². The first-order valence-electron chi connectivity index (χ1n) is 7.42. The van der Waals surface area contributed by atoms with Crippen LogP contribution in [0.2, 0.25) is 0 Å². The van der Waals surface area contributed by atoms with E-state index < -0.39 is 0 Å². The number of aliphatic hydroxyl groups excluding tert-OH is 1. The van der Waals surface area contributed by atoms with Gasteiger partial charge in [0, 0.05) is 31.9 Å². The van der Waals surface area contributed by atoms with Crippen molar-refractivity contribution in [2.24, 2.45) is 5.92 Å². The molecule has 1 aliphatic carbocycles. The van der Waals surface area contributed by atoms with Gasteiger partial charge in [-0.2, -0.15) is 0 Å². The van der Waals surface area contributed by atoms with Crippen LogP contribution in [0, 0.1) is 5.92 Å². The summed E-state index contributed by atoms with van der Waals surface area (Å²) in [4.78, 5) is 6.71. The summed E-state index contributed by atoms with van der Waals surface area (Å²) in [5, 5.41) is 12.8. The highest BCUT2D eigenvalue weighted by atomic mass is 16.3. The summed E-state index contributed by atoms with van der Waals surface area (Å²) in [5.41, 5.74) is 1.33. The van der Waals surface area contributed by atoms with Crippen molar-refractivity contribution in [2.75, 3.05) is 18.5 Å². The second-order valence-electron chi connectivity index (χ2n) is 7.00. The summed E-state index contributed by atoms with van der Waals surface area (Å²) < 4.78 is 0. The molecule has 20 heavy (non-hydrogen) atoms. The number of hydrogen-bond acceptors (Lipinski definition) is 4. The third-order valence-electron chi connectivity index (χ3n) is 3.77. The van der Waals surface area contributed by atoms with Gasteiger partial charge in [0.2, 0.25) is 0 Å². The SMILES string of the molecule is CN(CC1CC(O)C1)c1ccc(CNC(C)(C)C)cn1. The van der Waals surface area contributed by atoms with E-state index in [9.17, 15) is 5.11 Å². The standard InChI is InChI=1S/C16H27N3O/c1-16(2,3)18-10-12-5-6-15(17-9-12)19(4)11-13-7-14(20)8-13/h5-6,9,13-14,18,20H,7-8,10-11H2,1-4H3. The Morgan fingerprint density at radius 3 is 2.55 bits per heavy atom. The Hall–Kier alpha value is -1.13. The zero-order valence-corrected chi connectivity index (χ0v) is 13.1. The van der Waals surface area contributed by atoms with E-state index in [2.05, 4.69) is 55.2 Å². The van der Waals surface area contributed by atoms with Gasteiger partial charge in [-0.15, -0.1) is 0 Å². The molecule has 4 heteroatoms. The summed E-state index contributed by atoms with van der Waals surface area (Å²) in [6.45, 7) is 8.31. The van der Waals surface area contributed by atoms with Crippen molar-refractivity contribution in [3.05, 3.63) is 23.9 Å². The Bertz CT molecular complexity index is 418. The minimum absolute atomic E-state index is 0.0767. The first-order valence-corrected chi connectivity index (χ1v) is 7.42. The molecule has 0 amide bonds. The maximum Gasteiger partial charge on any atom is 0.128 e. The Balaban J connectivity index is 1.84. The van der Waals surface area contributed by atoms with E-state index in [4.69, 9.17) is 0 Å². The van der Waals surface area contributed by atoms with Crippen molar-refractivity contribution in [3.8, 4) is 0 Å². The lowest BCUT2D eigenvalue weighted by molar-refractivity contribution is 0.0464. The maximum atomic E-state index is 9.32. The lowest BCUT2D eigenvalue weighted by Gasteiger charge is -2.34. The Kier molecular flexibility index (Phi) is 4.66. The quantitative estimate of drug-likeness (QED) is 0.866.